The zero-order valence-corrected chi connectivity index (χ0v) is 14.6. The van der Waals surface area contributed by atoms with Crippen LogP contribution in [0.3, 0.4) is 0 Å². The van der Waals surface area contributed by atoms with Crippen LogP contribution in [0.25, 0.3) is 11.3 Å². The van der Waals surface area contributed by atoms with Crippen LogP contribution in [0.2, 0.25) is 0 Å². The number of alkyl halides is 2. The summed E-state index contributed by atoms with van der Waals surface area (Å²) in [6.45, 7) is 0. The van der Waals surface area contributed by atoms with Crippen LogP contribution in [0.4, 0.5) is 8.78 Å². The summed E-state index contributed by atoms with van der Waals surface area (Å²) < 4.78 is 31.4. The highest BCUT2D eigenvalue weighted by Gasteiger charge is 2.20. The van der Waals surface area contributed by atoms with Gasteiger partial charge in [-0.3, -0.25) is 8.78 Å². The highest BCUT2D eigenvalue weighted by molar-refractivity contribution is 7.63. The second kappa shape index (κ2) is 11.8. The van der Waals surface area contributed by atoms with Crippen LogP contribution >= 0.6 is 7.34 Å². The molecule has 128 valence electrons. The number of nitrogens with zero attached hydrogens (tertiary/aromatic N) is 4. The van der Waals surface area contributed by atoms with E-state index in [0.717, 1.165) is 11.3 Å². The molecule has 0 aliphatic rings. The van der Waals surface area contributed by atoms with Crippen molar-refractivity contribution in [3.63, 3.8) is 0 Å². The van der Waals surface area contributed by atoms with Crippen molar-refractivity contribution in [1.29, 1.82) is 0 Å². The van der Waals surface area contributed by atoms with E-state index in [0.29, 0.717) is 20.6 Å². The van der Waals surface area contributed by atoms with Crippen LogP contribution < -0.4 is 4.68 Å². The molecule has 0 aromatic carbocycles. The fraction of sp³-hybridized carbons (Fsp3) is 0.357. The summed E-state index contributed by atoms with van der Waals surface area (Å²) in [7, 11) is 2.08. The van der Waals surface area contributed by atoms with Gasteiger partial charge in [-0.15, -0.1) is 0 Å². The number of hydrogen-bond acceptors (Lipinski definition) is 5. The summed E-state index contributed by atoms with van der Waals surface area (Å²) in [6, 6.07) is 3.77. The molecule has 0 amide bonds. The Morgan fingerprint density at radius 2 is 1.83 bits per heavy atom. The first-order valence-electron chi connectivity index (χ1n) is 6.38. The first-order chi connectivity index (χ1) is 11.2. The zero-order chi connectivity index (χ0) is 17.7. The van der Waals surface area contributed by atoms with E-state index in [2.05, 4.69) is 21.4 Å². The molecule has 9 heteroatoms. The largest absolute Gasteiger partial charge is 0.336 e. The Hall–Kier alpha value is -1.76. The smallest absolute Gasteiger partial charge is 0.236 e. The van der Waals surface area contributed by atoms with Gasteiger partial charge in [-0.1, -0.05) is 4.68 Å². The van der Waals surface area contributed by atoms with Gasteiger partial charge in [0, 0.05) is 32.0 Å². The van der Waals surface area contributed by atoms with Crippen molar-refractivity contribution >= 4 is 13.6 Å². The maximum Gasteiger partial charge on any atom is 0.236 e. The predicted octanol–water partition coefficient (Wildman–Crippen LogP) is 2.53. The zero-order valence-electron chi connectivity index (χ0n) is 13.7. The third-order valence-corrected chi connectivity index (χ3v) is 4.73. The molecule has 23 heavy (non-hydrogen) atoms. The first-order valence-corrected chi connectivity index (χ1v) is 8.38. The van der Waals surface area contributed by atoms with Gasteiger partial charge in [0.25, 0.3) is 0 Å². The van der Waals surface area contributed by atoms with Gasteiger partial charge in [0.1, 0.15) is 12.5 Å². The van der Waals surface area contributed by atoms with Crippen LogP contribution in [-0.2, 0) is 15.3 Å². The predicted molar refractivity (Wildman–Crippen MR) is 87.6 cm³/mol. The second-order valence-corrected chi connectivity index (χ2v) is 6.51. The van der Waals surface area contributed by atoms with E-state index in [4.69, 9.17) is 9.05 Å². The molecule has 0 aliphatic carbocycles. The van der Waals surface area contributed by atoms with E-state index in [1.54, 1.807) is 31.3 Å². The molecular formula is C14H22F2N4O2P+. The first kappa shape index (κ1) is 21.2. The van der Waals surface area contributed by atoms with Crippen LogP contribution in [0, 0.1) is 0 Å². The summed E-state index contributed by atoms with van der Waals surface area (Å²) in [5, 5.41) is 4.32. The number of halogens is 2. The normalized spacial score (nSPS) is 10.0. The molecule has 0 atom stereocenters. The van der Waals surface area contributed by atoms with Gasteiger partial charge in [0.2, 0.25) is 6.29 Å². The molecule has 2 heterocycles. The second-order valence-electron chi connectivity index (χ2n) is 3.87. The van der Waals surface area contributed by atoms with E-state index < -0.39 is 7.34 Å². The van der Waals surface area contributed by atoms with E-state index in [9.17, 15) is 8.78 Å². The lowest BCUT2D eigenvalue weighted by molar-refractivity contribution is -0.737. The number of aromatic nitrogens is 4. The third-order valence-electron chi connectivity index (χ3n) is 2.67. The molecular weight excluding hydrogens is 325 g/mol. The van der Waals surface area contributed by atoms with Gasteiger partial charge in [-0.25, -0.2) is 9.97 Å². The summed E-state index contributed by atoms with van der Waals surface area (Å²) in [6.07, 6.45) is 11.3. The van der Waals surface area contributed by atoms with E-state index in [-0.39, 0.29) is 0 Å². The minimum absolute atomic E-state index is 0.500. The maximum absolute atomic E-state index is 9.50. The molecule has 0 radical (unpaired) electrons. The van der Waals surface area contributed by atoms with Gasteiger partial charge in [-0.05, 0) is 17.5 Å². The molecule has 6 nitrogen and oxygen atoms in total. The Labute approximate surface area is 135 Å². The highest BCUT2D eigenvalue weighted by atomic mass is 31.2. The van der Waals surface area contributed by atoms with Crippen molar-refractivity contribution in [3.8, 4) is 11.3 Å². The van der Waals surface area contributed by atoms with Crippen molar-refractivity contribution in [2.45, 2.75) is 6.29 Å². The third kappa shape index (κ3) is 6.90. The average molecular weight is 347 g/mol. The van der Waals surface area contributed by atoms with Crippen molar-refractivity contribution < 1.29 is 22.5 Å². The number of rotatable bonds is 5. The lowest BCUT2D eigenvalue weighted by Gasteiger charge is -2.15. The molecule has 0 saturated heterocycles. The van der Waals surface area contributed by atoms with Crippen LogP contribution in [-0.4, -0.2) is 49.9 Å². The van der Waals surface area contributed by atoms with E-state index in [1.807, 2.05) is 18.3 Å². The molecule has 2 aromatic heterocycles. The standard InChI is InChI=1S/C12H16N4O2P.2CH3F/c1-17-19(3,18-2)10-16-7-5-11(8-15-16)12-4-6-13-9-14-12;2*1-2/h4-9H,3,10H2,1-2H3;2*1H3/q+1;;. The molecule has 0 aliphatic heterocycles. The molecule has 0 spiro atoms. The van der Waals surface area contributed by atoms with Crippen molar-refractivity contribution in [3.05, 3.63) is 37.1 Å². The van der Waals surface area contributed by atoms with Gasteiger partial charge < -0.3 is 9.05 Å². The van der Waals surface area contributed by atoms with Gasteiger partial charge >= 0.3 is 0 Å². The Morgan fingerprint density at radius 3 is 2.26 bits per heavy atom. The van der Waals surface area contributed by atoms with Gasteiger partial charge in [-0.2, -0.15) is 0 Å². The summed E-state index contributed by atoms with van der Waals surface area (Å²) in [4.78, 5) is 8.06. The maximum atomic E-state index is 9.50. The average Bonchev–Trinajstić information content (AvgIpc) is 2.66. The van der Waals surface area contributed by atoms with Crippen molar-refractivity contribution in [2.24, 2.45) is 0 Å². The summed E-state index contributed by atoms with van der Waals surface area (Å²) >= 11 is 0. The van der Waals surface area contributed by atoms with E-state index in [1.165, 1.54) is 6.33 Å². The lowest BCUT2D eigenvalue weighted by atomic mass is 10.2. The highest BCUT2D eigenvalue weighted by Crippen LogP contribution is 2.45. The minimum Gasteiger partial charge on any atom is -0.336 e. The van der Waals surface area contributed by atoms with Crippen molar-refractivity contribution in [1.82, 2.24) is 15.1 Å². The molecule has 0 fully saturated rings. The van der Waals surface area contributed by atoms with Crippen LogP contribution in [0.15, 0.2) is 37.1 Å². The Morgan fingerprint density at radius 1 is 1.17 bits per heavy atom. The molecule has 0 N–H and O–H groups in total. The summed E-state index contributed by atoms with van der Waals surface area (Å²) in [5.41, 5.74) is 1.77. The Bertz CT molecular complexity index is 577. The minimum atomic E-state index is -2.12. The number of hydrogen-bond donors (Lipinski definition) is 0. The molecule has 2 rings (SSSR count). The Balaban J connectivity index is 0.00000112. The van der Waals surface area contributed by atoms with Gasteiger partial charge in [0.05, 0.1) is 20.0 Å². The topological polar surface area (TPSA) is 61.0 Å². The van der Waals surface area contributed by atoms with Gasteiger partial charge in [0.15, 0.2) is 13.5 Å². The molecule has 0 unspecified atom stereocenters. The van der Waals surface area contributed by atoms with Crippen LogP contribution in [0.1, 0.15) is 0 Å². The monoisotopic (exact) mass is 347 g/mol. The van der Waals surface area contributed by atoms with Crippen LogP contribution in [0.5, 0.6) is 0 Å². The summed E-state index contributed by atoms with van der Waals surface area (Å²) in [5.74, 6) is 0. The fourth-order valence-corrected chi connectivity index (χ4v) is 2.48. The SMILES string of the molecule is C=P(C[n+]1ccc(-c2ccncn2)cn1)(OC)OC.CF.CF. The molecule has 2 aromatic rings. The van der Waals surface area contributed by atoms with Crippen molar-refractivity contribution in [2.75, 3.05) is 28.6 Å². The fourth-order valence-electron chi connectivity index (χ4n) is 1.49. The quantitative estimate of drug-likeness (QED) is 0.614. The molecule has 0 saturated carbocycles. The lowest BCUT2D eigenvalue weighted by Crippen LogP contribution is -2.37. The Kier molecular flexibility index (Phi) is 10.9. The molecule has 0 bridgehead atoms. The van der Waals surface area contributed by atoms with E-state index >= 15 is 0 Å².